The zero-order chi connectivity index (χ0) is 15.5. The second-order valence-corrected chi connectivity index (χ2v) is 4.77. The zero-order valence-corrected chi connectivity index (χ0v) is 11.9. The van der Waals surface area contributed by atoms with E-state index in [9.17, 15) is 9.59 Å². The van der Waals surface area contributed by atoms with Crippen molar-refractivity contribution in [2.24, 2.45) is 0 Å². The molecule has 0 unspecified atom stereocenters. The Bertz CT molecular complexity index is 888. The molecule has 0 aliphatic heterocycles. The van der Waals surface area contributed by atoms with Gasteiger partial charge in [-0.1, -0.05) is 6.07 Å². The summed E-state index contributed by atoms with van der Waals surface area (Å²) in [6.45, 7) is 0. The van der Waals surface area contributed by atoms with Crippen LogP contribution in [-0.2, 0) is 11.2 Å². The van der Waals surface area contributed by atoms with Crippen LogP contribution in [0.15, 0.2) is 47.5 Å². The van der Waals surface area contributed by atoms with E-state index < -0.39 is 5.97 Å². The van der Waals surface area contributed by atoms with Crippen LogP contribution < -0.4 is 5.56 Å². The maximum Gasteiger partial charge on any atom is 0.337 e. The number of pyridine rings is 1. The minimum absolute atomic E-state index is 0.236. The van der Waals surface area contributed by atoms with Crippen LogP contribution in [0.2, 0.25) is 0 Å². The van der Waals surface area contributed by atoms with E-state index in [1.807, 2.05) is 12.1 Å². The number of rotatable bonds is 3. The number of methoxy groups -OCH3 is 1. The first-order valence-electron chi connectivity index (χ1n) is 6.67. The fourth-order valence-electron chi connectivity index (χ4n) is 2.21. The van der Waals surface area contributed by atoms with Crippen LogP contribution in [0, 0.1) is 0 Å². The number of nitrogens with one attached hydrogen (secondary N) is 1. The summed E-state index contributed by atoms with van der Waals surface area (Å²) >= 11 is 0. The van der Waals surface area contributed by atoms with E-state index in [1.165, 1.54) is 7.11 Å². The largest absolute Gasteiger partial charge is 0.465 e. The Morgan fingerprint density at radius 2 is 2.18 bits per heavy atom. The second-order valence-electron chi connectivity index (χ2n) is 4.77. The number of H-pyrrole nitrogens is 1. The van der Waals surface area contributed by atoms with Crippen molar-refractivity contribution >= 4 is 16.9 Å². The number of aromatic nitrogens is 3. The molecular weight excluding hydrogens is 282 g/mol. The fraction of sp³-hybridized carbons (Fsp3) is 0.125. The number of carbonyl (C=O) groups excluding carboxylic acids is 1. The molecule has 0 aliphatic carbocycles. The van der Waals surface area contributed by atoms with Crippen molar-refractivity contribution < 1.29 is 9.53 Å². The van der Waals surface area contributed by atoms with Crippen molar-refractivity contribution in [1.29, 1.82) is 0 Å². The van der Waals surface area contributed by atoms with Gasteiger partial charge in [0.1, 0.15) is 5.82 Å². The van der Waals surface area contributed by atoms with Crippen LogP contribution in [0.25, 0.3) is 10.9 Å². The average Bonchev–Trinajstić information content (AvgIpc) is 2.54. The molecule has 1 aromatic carbocycles. The molecule has 0 saturated carbocycles. The van der Waals surface area contributed by atoms with Crippen molar-refractivity contribution in [2.45, 2.75) is 6.42 Å². The minimum Gasteiger partial charge on any atom is -0.465 e. The van der Waals surface area contributed by atoms with E-state index in [4.69, 9.17) is 0 Å². The first-order valence-corrected chi connectivity index (χ1v) is 6.67. The molecule has 3 aromatic rings. The van der Waals surface area contributed by atoms with Gasteiger partial charge in [0.15, 0.2) is 0 Å². The summed E-state index contributed by atoms with van der Waals surface area (Å²) in [5, 5.41) is 0.433. The number of benzene rings is 1. The van der Waals surface area contributed by atoms with Gasteiger partial charge in [0.25, 0.3) is 5.56 Å². The van der Waals surface area contributed by atoms with E-state index in [0.29, 0.717) is 28.7 Å². The third-order valence-electron chi connectivity index (χ3n) is 3.27. The van der Waals surface area contributed by atoms with Gasteiger partial charge in [-0.2, -0.15) is 0 Å². The lowest BCUT2D eigenvalue weighted by atomic mass is 10.1. The molecule has 0 spiro atoms. The molecule has 2 heterocycles. The quantitative estimate of drug-likeness (QED) is 0.743. The van der Waals surface area contributed by atoms with Crippen LogP contribution in [0.4, 0.5) is 0 Å². The molecule has 0 bridgehead atoms. The third kappa shape index (κ3) is 2.71. The van der Waals surface area contributed by atoms with Crippen LogP contribution >= 0.6 is 0 Å². The van der Waals surface area contributed by atoms with Gasteiger partial charge >= 0.3 is 5.97 Å². The number of hydrogen-bond acceptors (Lipinski definition) is 5. The lowest BCUT2D eigenvalue weighted by molar-refractivity contribution is 0.0601. The molecule has 2 aromatic heterocycles. The van der Waals surface area contributed by atoms with E-state index >= 15 is 0 Å². The number of nitrogens with zero attached hydrogens (tertiary/aromatic N) is 2. The Hall–Kier alpha value is -3.02. The number of fused-ring (bicyclic) bond motifs is 1. The summed E-state index contributed by atoms with van der Waals surface area (Å²) in [7, 11) is 1.31. The van der Waals surface area contributed by atoms with Gasteiger partial charge in [-0.3, -0.25) is 9.78 Å². The summed E-state index contributed by atoms with van der Waals surface area (Å²) in [5.41, 5.74) is 1.53. The van der Waals surface area contributed by atoms with Crippen molar-refractivity contribution in [3.63, 3.8) is 0 Å². The standard InChI is InChI=1S/C16H13N3O3/c1-22-16(21)11-4-5-12-13(8-11)18-14(19-15(12)20)7-10-3-2-6-17-9-10/h2-6,8-9H,7H2,1H3,(H,18,19,20). The molecule has 110 valence electrons. The fourth-order valence-corrected chi connectivity index (χ4v) is 2.21. The van der Waals surface area contributed by atoms with Gasteiger partial charge < -0.3 is 9.72 Å². The van der Waals surface area contributed by atoms with Crippen molar-refractivity contribution in [3.8, 4) is 0 Å². The Labute approximate surface area is 125 Å². The Balaban J connectivity index is 2.06. The van der Waals surface area contributed by atoms with Crippen LogP contribution in [0.1, 0.15) is 21.7 Å². The summed E-state index contributed by atoms with van der Waals surface area (Å²) in [4.78, 5) is 34.9. The Kier molecular flexibility index (Phi) is 3.65. The van der Waals surface area contributed by atoms with E-state index in [-0.39, 0.29) is 5.56 Å². The first-order chi connectivity index (χ1) is 10.7. The SMILES string of the molecule is COC(=O)c1ccc2c(=O)[nH]c(Cc3cccnc3)nc2c1. The smallest absolute Gasteiger partial charge is 0.337 e. The maximum absolute atomic E-state index is 12.1. The van der Waals surface area contributed by atoms with Crippen molar-refractivity contribution in [2.75, 3.05) is 7.11 Å². The van der Waals surface area contributed by atoms with Gasteiger partial charge in [-0.05, 0) is 29.8 Å². The van der Waals surface area contributed by atoms with Gasteiger partial charge in [-0.25, -0.2) is 9.78 Å². The molecule has 0 amide bonds. The highest BCUT2D eigenvalue weighted by Gasteiger charge is 2.10. The van der Waals surface area contributed by atoms with Crippen LogP contribution in [0.3, 0.4) is 0 Å². The second kappa shape index (κ2) is 5.77. The topological polar surface area (TPSA) is 84.9 Å². The van der Waals surface area contributed by atoms with Gasteiger partial charge in [-0.15, -0.1) is 0 Å². The van der Waals surface area contributed by atoms with Gasteiger partial charge in [0, 0.05) is 18.8 Å². The minimum atomic E-state index is -0.460. The maximum atomic E-state index is 12.1. The van der Waals surface area contributed by atoms with E-state index in [1.54, 1.807) is 30.6 Å². The molecule has 3 rings (SSSR count). The average molecular weight is 295 g/mol. The Morgan fingerprint density at radius 1 is 1.32 bits per heavy atom. The summed E-state index contributed by atoms with van der Waals surface area (Å²) < 4.78 is 4.68. The molecule has 6 heteroatoms. The summed E-state index contributed by atoms with van der Waals surface area (Å²) in [5.74, 6) is 0.0605. The molecule has 0 aliphatic rings. The van der Waals surface area contributed by atoms with Crippen molar-refractivity contribution in [3.05, 3.63) is 70.0 Å². The molecule has 0 atom stereocenters. The van der Waals surface area contributed by atoms with Gasteiger partial charge in [0.2, 0.25) is 0 Å². The number of aromatic amines is 1. The van der Waals surface area contributed by atoms with Gasteiger partial charge in [0.05, 0.1) is 23.6 Å². The van der Waals surface area contributed by atoms with E-state index in [2.05, 4.69) is 19.7 Å². The highest BCUT2D eigenvalue weighted by atomic mass is 16.5. The predicted octanol–water partition coefficient (Wildman–Crippen LogP) is 1.70. The monoisotopic (exact) mass is 295 g/mol. The normalized spacial score (nSPS) is 10.6. The van der Waals surface area contributed by atoms with Crippen LogP contribution in [0.5, 0.6) is 0 Å². The first kappa shape index (κ1) is 13.9. The number of carbonyl (C=O) groups is 1. The third-order valence-corrected chi connectivity index (χ3v) is 3.27. The highest BCUT2D eigenvalue weighted by molar-refractivity contribution is 5.93. The zero-order valence-electron chi connectivity index (χ0n) is 11.9. The molecular formula is C16H13N3O3. The number of esters is 1. The molecule has 0 saturated heterocycles. The molecule has 0 radical (unpaired) electrons. The van der Waals surface area contributed by atoms with E-state index in [0.717, 1.165) is 5.56 Å². The lowest BCUT2D eigenvalue weighted by Gasteiger charge is -2.05. The predicted molar refractivity (Wildman–Crippen MR) is 80.7 cm³/mol. The highest BCUT2D eigenvalue weighted by Crippen LogP contribution is 2.12. The van der Waals surface area contributed by atoms with Crippen LogP contribution in [-0.4, -0.2) is 28.0 Å². The molecule has 6 nitrogen and oxygen atoms in total. The molecule has 22 heavy (non-hydrogen) atoms. The number of hydrogen-bond donors (Lipinski definition) is 1. The molecule has 0 fully saturated rings. The Morgan fingerprint density at radius 3 is 2.91 bits per heavy atom. The summed E-state index contributed by atoms with van der Waals surface area (Å²) in [6.07, 6.45) is 3.86. The summed E-state index contributed by atoms with van der Waals surface area (Å²) in [6, 6.07) is 8.40. The lowest BCUT2D eigenvalue weighted by Crippen LogP contribution is -2.13. The molecule has 1 N–H and O–H groups in total. The number of ether oxygens (including phenoxy) is 1. The van der Waals surface area contributed by atoms with Crippen molar-refractivity contribution in [1.82, 2.24) is 15.0 Å².